The summed E-state index contributed by atoms with van der Waals surface area (Å²) in [6, 6.07) is 17.9. The number of carbonyl (C=O) groups is 1. The summed E-state index contributed by atoms with van der Waals surface area (Å²) in [6.07, 6.45) is 0.685. The van der Waals surface area contributed by atoms with Crippen molar-refractivity contribution in [2.45, 2.75) is 39.7 Å². The molecular weight excluding hydrogens is 521 g/mol. The number of hydrogen-bond acceptors (Lipinski definition) is 6. The fourth-order valence-electron chi connectivity index (χ4n) is 5.04. The van der Waals surface area contributed by atoms with Crippen molar-refractivity contribution < 1.29 is 18.3 Å². The topological polar surface area (TPSA) is 110 Å². The van der Waals surface area contributed by atoms with Gasteiger partial charge in [0.2, 0.25) is 0 Å². The third-order valence-electron chi connectivity index (χ3n) is 7.18. The number of halogens is 1. The molecule has 212 valence electrons. The maximum absolute atomic E-state index is 14.5. The van der Waals surface area contributed by atoms with Crippen molar-refractivity contribution in [3.63, 3.8) is 0 Å². The maximum Gasteiger partial charge on any atom is 0.254 e. The molecule has 1 atom stereocenters. The molecule has 0 radical (unpaired) electrons. The Labute approximate surface area is 239 Å². The van der Waals surface area contributed by atoms with Gasteiger partial charge in [-0.3, -0.25) is 9.59 Å². The molecule has 1 amide bonds. The number of ether oxygens (including phenoxy) is 1. The summed E-state index contributed by atoms with van der Waals surface area (Å²) in [5, 5.41) is 9.81. The van der Waals surface area contributed by atoms with Crippen LogP contribution in [0.5, 0.6) is 5.75 Å². The Balaban J connectivity index is 1.96. The number of benzene rings is 3. The summed E-state index contributed by atoms with van der Waals surface area (Å²) in [7, 11) is 1.53. The van der Waals surface area contributed by atoms with Gasteiger partial charge in [-0.2, -0.15) is 5.26 Å². The van der Waals surface area contributed by atoms with Gasteiger partial charge in [0, 0.05) is 30.2 Å². The second-order valence-electron chi connectivity index (χ2n) is 10.4. The number of nitrogens with zero attached hydrogens (tertiary/aromatic N) is 2. The van der Waals surface area contributed by atoms with Crippen LogP contribution >= 0.6 is 0 Å². The minimum atomic E-state index is -0.670. The van der Waals surface area contributed by atoms with Crippen molar-refractivity contribution in [3.8, 4) is 11.8 Å². The summed E-state index contributed by atoms with van der Waals surface area (Å²) in [5.74, 6) is -0.193. The highest BCUT2D eigenvalue weighted by atomic mass is 19.1. The van der Waals surface area contributed by atoms with Crippen molar-refractivity contribution in [3.05, 3.63) is 110 Å². The highest BCUT2D eigenvalue weighted by molar-refractivity contribution is 5.94. The van der Waals surface area contributed by atoms with Crippen LogP contribution in [0.3, 0.4) is 0 Å². The average molecular weight is 556 g/mol. The lowest BCUT2D eigenvalue weighted by Crippen LogP contribution is -2.40. The first-order valence-corrected chi connectivity index (χ1v) is 13.6. The third kappa shape index (κ3) is 6.31. The van der Waals surface area contributed by atoms with E-state index in [1.54, 1.807) is 60.4 Å². The van der Waals surface area contributed by atoms with Crippen LogP contribution in [-0.2, 0) is 6.42 Å². The molecule has 0 fully saturated rings. The van der Waals surface area contributed by atoms with E-state index >= 15 is 0 Å². The molecule has 0 bridgehead atoms. The number of nitrogens with two attached hydrogens (primary N) is 1. The van der Waals surface area contributed by atoms with Gasteiger partial charge < -0.3 is 19.8 Å². The Morgan fingerprint density at radius 3 is 2.59 bits per heavy atom. The summed E-state index contributed by atoms with van der Waals surface area (Å²) in [4.78, 5) is 29.7. The molecule has 4 rings (SSSR count). The first-order chi connectivity index (χ1) is 19.7. The number of carbonyl (C=O) groups excluding carboxylic acids is 1. The van der Waals surface area contributed by atoms with Crippen LogP contribution < -0.4 is 15.9 Å². The van der Waals surface area contributed by atoms with Crippen LogP contribution in [0.25, 0.3) is 11.0 Å². The van der Waals surface area contributed by atoms with Gasteiger partial charge in [0.1, 0.15) is 22.9 Å². The minimum Gasteiger partial charge on any atom is -0.497 e. The Hall–Kier alpha value is -4.48. The number of fused-ring (bicyclic) bond motifs is 1. The predicted octanol–water partition coefficient (Wildman–Crippen LogP) is 5.90. The fourth-order valence-corrected chi connectivity index (χ4v) is 5.04. The Morgan fingerprint density at radius 2 is 1.93 bits per heavy atom. The van der Waals surface area contributed by atoms with Crippen molar-refractivity contribution in [1.82, 2.24) is 4.90 Å². The van der Waals surface area contributed by atoms with Crippen LogP contribution in [0.2, 0.25) is 0 Å². The molecule has 1 aromatic heterocycles. The van der Waals surface area contributed by atoms with Gasteiger partial charge >= 0.3 is 0 Å². The quantitative estimate of drug-likeness (QED) is 0.261. The van der Waals surface area contributed by atoms with Gasteiger partial charge in [0.05, 0.1) is 30.2 Å². The monoisotopic (exact) mass is 555 g/mol. The Bertz CT molecular complexity index is 1670. The summed E-state index contributed by atoms with van der Waals surface area (Å²) < 4.78 is 26.4. The summed E-state index contributed by atoms with van der Waals surface area (Å²) in [6.45, 7) is 6.14. The Morgan fingerprint density at radius 1 is 1.15 bits per heavy atom. The molecule has 0 saturated carbocycles. The molecular formula is C33H34FN3O4. The van der Waals surface area contributed by atoms with Gasteiger partial charge in [-0.25, -0.2) is 4.39 Å². The molecule has 0 aliphatic heterocycles. The molecule has 41 heavy (non-hydrogen) atoms. The lowest BCUT2D eigenvalue weighted by molar-refractivity contribution is 0.0587. The number of rotatable bonds is 10. The van der Waals surface area contributed by atoms with E-state index in [0.717, 1.165) is 5.56 Å². The SMILES string of the molecule is COc1ccc2c(=O)c(Cc3cccc(C#N)c3)c(C(C(C)C)N(CCCN)C(=O)c3ccc(C)c(F)c3)oc2c1. The fraction of sp³-hybridized carbons (Fsp3) is 0.303. The molecule has 2 N–H and O–H groups in total. The predicted molar refractivity (Wildman–Crippen MR) is 156 cm³/mol. The number of hydrogen-bond donors (Lipinski definition) is 1. The van der Waals surface area contributed by atoms with E-state index in [1.807, 2.05) is 19.9 Å². The average Bonchev–Trinajstić information content (AvgIpc) is 2.97. The standard InChI is InChI=1S/C33H34FN3O4/c1-20(2)30(37(14-6-13-35)33(39)24-10-9-21(3)28(34)17-24)32-27(16-22-7-5-8-23(15-22)19-36)31(38)26-12-11-25(40-4)18-29(26)41-32/h5,7-12,15,17-18,20,30H,6,13-14,16,35H2,1-4H3. The maximum atomic E-state index is 14.5. The zero-order valence-corrected chi connectivity index (χ0v) is 23.7. The lowest BCUT2D eigenvalue weighted by atomic mass is 9.91. The second kappa shape index (κ2) is 12.8. The Kier molecular flexibility index (Phi) is 9.21. The van der Waals surface area contributed by atoms with Crippen molar-refractivity contribution >= 4 is 16.9 Å². The molecule has 4 aromatic rings. The highest BCUT2D eigenvalue weighted by Crippen LogP contribution is 2.35. The molecule has 0 saturated heterocycles. The molecule has 3 aromatic carbocycles. The number of aryl methyl sites for hydroxylation is 1. The normalized spacial score (nSPS) is 11.9. The van der Waals surface area contributed by atoms with Crippen LogP contribution in [0.15, 0.2) is 69.9 Å². The van der Waals surface area contributed by atoms with Crippen molar-refractivity contribution in [1.29, 1.82) is 5.26 Å². The number of nitriles is 1. The zero-order chi connectivity index (χ0) is 29.7. The highest BCUT2D eigenvalue weighted by Gasteiger charge is 2.34. The first kappa shape index (κ1) is 29.5. The third-order valence-corrected chi connectivity index (χ3v) is 7.18. The minimum absolute atomic E-state index is 0.191. The van der Waals surface area contributed by atoms with E-state index in [4.69, 9.17) is 14.9 Å². The summed E-state index contributed by atoms with van der Waals surface area (Å²) in [5.41, 5.74) is 8.20. The number of amides is 1. The molecule has 8 heteroatoms. The van der Waals surface area contributed by atoms with Gasteiger partial charge in [-0.1, -0.05) is 32.0 Å². The zero-order valence-electron chi connectivity index (χ0n) is 23.7. The second-order valence-corrected chi connectivity index (χ2v) is 10.4. The van der Waals surface area contributed by atoms with Crippen LogP contribution in [0.4, 0.5) is 4.39 Å². The molecule has 0 aliphatic carbocycles. The molecule has 0 spiro atoms. The van der Waals surface area contributed by atoms with E-state index in [1.165, 1.54) is 13.2 Å². The molecule has 1 heterocycles. The van der Waals surface area contributed by atoms with E-state index in [0.29, 0.717) is 52.1 Å². The van der Waals surface area contributed by atoms with Gasteiger partial charge in [-0.05, 0) is 73.3 Å². The van der Waals surface area contributed by atoms with Gasteiger partial charge in [-0.15, -0.1) is 0 Å². The lowest BCUT2D eigenvalue weighted by Gasteiger charge is -2.35. The van der Waals surface area contributed by atoms with E-state index in [2.05, 4.69) is 6.07 Å². The summed E-state index contributed by atoms with van der Waals surface area (Å²) >= 11 is 0. The first-order valence-electron chi connectivity index (χ1n) is 13.6. The van der Waals surface area contributed by atoms with Crippen molar-refractivity contribution in [2.24, 2.45) is 11.7 Å². The van der Waals surface area contributed by atoms with E-state index < -0.39 is 11.9 Å². The molecule has 0 aliphatic rings. The van der Waals surface area contributed by atoms with Gasteiger partial charge in [0.15, 0.2) is 5.43 Å². The van der Waals surface area contributed by atoms with Crippen LogP contribution in [-0.4, -0.2) is 31.0 Å². The largest absolute Gasteiger partial charge is 0.497 e. The van der Waals surface area contributed by atoms with E-state index in [-0.39, 0.29) is 35.8 Å². The van der Waals surface area contributed by atoms with E-state index in [9.17, 15) is 19.2 Å². The smallest absolute Gasteiger partial charge is 0.254 e. The van der Waals surface area contributed by atoms with Crippen molar-refractivity contribution in [2.75, 3.05) is 20.2 Å². The molecule has 1 unspecified atom stereocenters. The van der Waals surface area contributed by atoms with Gasteiger partial charge in [0.25, 0.3) is 5.91 Å². The van der Waals surface area contributed by atoms with Crippen LogP contribution in [0, 0.1) is 30.0 Å². The van der Waals surface area contributed by atoms with Crippen LogP contribution in [0.1, 0.15) is 64.7 Å². The molecule has 7 nitrogen and oxygen atoms in total. The number of methoxy groups -OCH3 is 1.